The van der Waals surface area contributed by atoms with Gasteiger partial charge in [-0.15, -0.1) is 11.8 Å². The first kappa shape index (κ1) is 18.7. The van der Waals surface area contributed by atoms with Gasteiger partial charge in [-0.2, -0.15) is 0 Å². The average molecular weight is 374 g/mol. The van der Waals surface area contributed by atoms with E-state index in [1.807, 2.05) is 13.1 Å². The van der Waals surface area contributed by atoms with Crippen LogP contribution in [0.25, 0.3) is 11.3 Å². The van der Waals surface area contributed by atoms with Gasteiger partial charge in [-0.25, -0.2) is 4.39 Å². The Morgan fingerprint density at radius 1 is 1.42 bits per heavy atom. The van der Waals surface area contributed by atoms with E-state index in [4.69, 9.17) is 4.52 Å². The molecule has 138 valence electrons. The van der Waals surface area contributed by atoms with Crippen molar-refractivity contribution in [2.24, 2.45) is 4.99 Å². The number of nitrogens with one attached hydrogen (secondary N) is 1. The largest absolute Gasteiger partial charge is 0.354 e. The van der Waals surface area contributed by atoms with Crippen LogP contribution in [-0.2, 0) is 0 Å². The molecule has 0 amide bonds. The number of hydrogen-bond acceptors (Lipinski definition) is 6. The maximum absolute atomic E-state index is 13.1. The Labute approximate surface area is 157 Å². The molecule has 0 fully saturated rings. The first-order valence-corrected chi connectivity index (χ1v) is 9.56. The Bertz CT molecular complexity index is 787. The Kier molecular flexibility index (Phi) is 6.11. The van der Waals surface area contributed by atoms with Crippen molar-refractivity contribution < 1.29 is 8.91 Å². The lowest BCUT2D eigenvalue weighted by Crippen LogP contribution is -2.33. The summed E-state index contributed by atoms with van der Waals surface area (Å²) in [4.78, 5) is 7.76. The standard InChI is InChI=1S/C19H23FN4OS/c1-13-10-16(22-3)18(26-12-21-2)8-9-24(13)19-11-17(25-23-19)14-4-6-15(20)7-5-14/h4-7,11,13,21H,3,8-10,12H2,1-2H3/t13-/m1/s1. The molecule has 1 atom stereocenters. The Balaban J connectivity index is 1.78. The number of hydrogen-bond donors (Lipinski definition) is 1. The molecule has 7 heteroatoms. The molecular weight excluding hydrogens is 351 g/mol. The molecule has 0 saturated carbocycles. The zero-order valence-corrected chi connectivity index (χ0v) is 15.9. The van der Waals surface area contributed by atoms with Gasteiger partial charge in [0.15, 0.2) is 11.6 Å². The molecule has 0 unspecified atom stereocenters. The second-order valence-electron chi connectivity index (χ2n) is 6.22. The minimum atomic E-state index is -0.267. The van der Waals surface area contributed by atoms with E-state index in [2.05, 4.69) is 34.0 Å². The summed E-state index contributed by atoms with van der Waals surface area (Å²) < 4.78 is 18.6. The van der Waals surface area contributed by atoms with E-state index >= 15 is 0 Å². The summed E-state index contributed by atoms with van der Waals surface area (Å²) in [5.74, 6) is 2.01. The predicted molar refractivity (Wildman–Crippen MR) is 106 cm³/mol. The number of aromatic nitrogens is 1. The summed E-state index contributed by atoms with van der Waals surface area (Å²) in [5, 5.41) is 7.40. The second-order valence-corrected chi connectivity index (χ2v) is 7.29. The van der Waals surface area contributed by atoms with Gasteiger partial charge in [-0.1, -0.05) is 5.16 Å². The van der Waals surface area contributed by atoms with Gasteiger partial charge in [-0.05, 0) is 51.4 Å². The zero-order valence-electron chi connectivity index (χ0n) is 15.0. The average Bonchev–Trinajstić information content (AvgIpc) is 3.06. The Morgan fingerprint density at radius 2 is 2.19 bits per heavy atom. The van der Waals surface area contributed by atoms with Crippen molar-refractivity contribution in [2.75, 3.05) is 24.4 Å². The molecule has 1 N–H and O–H groups in total. The molecule has 0 spiro atoms. The summed E-state index contributed by atoms with van der Waals surface area (Å²) >= 11 is 1.77. The molecule has 2 heterocycles. The van der Waals surface area contributed by atoms with Crippen LogP contribution in [0.3, 0.4) is 0 Å². The molecule has 1 aliphatic heterocycles. The van der Waals surface area contributed by atoms with E-state index in [-0.39, 0.29) is 11.9 Å². The van der Waals surface area contributed by atoms with Gasteiger partial charge in [0.1, 0.15) is 5.82 Å². The highest BCUT2D eigenvalue weighted by Gasteiger charge is 2.25. The highest BCUT2D eigenvalue weighted by atomic mass is 32.2. The quantitative estimate of drug-likeness (QED) is 0.604. The molecule has 3 rings (SSSR count). The molecule has 0 saturated heterocycles. The maximum Gasteiger partial charge on any atom is 0.172 e. The predicted octanol–water partition coefficient (Wildman–Crippen LogP) is 4.29. The van der Waals surface area contributed by atoms with E-state index < -0.39 is 0 Å². The van der Waals surface area contributed by atoms with Crippen LogP contribution in [0.5, 0.6) is 0 Å². The van der Waals surface area contributed by atoms with Crippen LogP contribution in [0.15, 0.2) is 50.4 Å². The monoisotopic (exact) mass is 374 g/mol. The lowest BCUT2D eigenvalue weighted by Gasteiger charge is -2.26. The van der Waals surface area contributed by atoms with Crippen LogP contribution in [0.1, 0.15) is 19.8 Å². The number of thioether (sulfide) groups is 1. The fraction of sp³-hybridized carbons (Fsp3) is 0.368. The van der Waals surface area contributed by atoms with Crippen LogP contribution >= 0.6 is 11.8 Å². The van der Waals surface area contributed by atoms with Gasteiger partial charge in [0.25, 0.3) is 0 Å². The highest BCUT2D eigenvalue weighted by molar-refractivity contribution is 8.03. The van der Waals surface area contributed by atoms with E-state index in [1.54, 1.807) is 23.9 Å². The van der Waals surface area contributed by atoms with E-state index in [0.29, 0.717) is 5.76 Å². The summed E-state index contributed by atoms with van der Waals surface area (Å²) in [5.41, 5.74) is 1.87. The van der Waals surface area contributed by atoms with Crippen LogP contribution in [0.2, 0.25) is 0 Å². The van der Waals surface area contributed by atoms with Gasteiger partial charge in [0, 0.05) is 41.4 Å². The molecule has 0 aliphatic carbocycles. The first-order chi connectivity index (χ1) is 12.6. The zero-order chi connectivity index (χ0) is 18.5. The summed E-state index contributed by atoms with van der Waals surface area (Å²) in [6.45, 7) is 6.73. The van der Waals surface area contributed by atoms with Crippen LogP contribution < -0.4 is 10.2 Å². The second kappa shape index (κ2) is 8.51. The maximum atomic E-state index is 13.1. The smallest absolute Gasteiger partial charge is 0.172 e. The van der Waals surface area contributed by atoms with Crippen LogP contribution in [-0.4, -0.2) is 37.4 Å². The van der Waals surface area contributed by atoms with E-state index in [0.717, 1.165) is 42.3 Å². The minimum absolute atomic E-state index is 0.231. The van der Waals surface area contributed by atoms with Gasteiger partial charge < -0.3 is 14.7 Å². The summed E-state index contributed by atoms with van der Waals surface area (Å²) in [6.07, 6.45) is 1.71. The van der Waals surface area contributed by atoms with E-state index in [9.17, 15) is 4.39 Å². The molecular formula is C19H23FN4OS. The molecule has 1 aromatic heterocycles. The van der Waals surface area contributed by atoms with Gasteiger partial charge >= 0.3 is 0 Å². The third-order valence-electron chi connectivity index (χ3n) is 4.42. The minimum Gasteiger partial charge on any atom is -0.354 e. The lowest BCUT2D eigenvalue weighted by atomic mass is 10.1. The number of benzene rings is 1. The van der Waals surface area contributed by atoms with Gasteiger partial charge in [0.2, 0.25) is 0 Å². The normalized spacial score (nSPS) is 18.1. The van der Waals surface area contributed by atoms with Crippen LogP contribution in [0, 0.1) is 5.82 Å². The first-order valence-electron chi connectivity index (χ1n) is 8.57. The van der Waals surface area contributed by atoms with Crippen molar-refractivity contribution in [1.29, 1.82) is 0 Å². The number of halogens is 1. The Morgan fingerprint density at radius 3 is 2.88 bits per heavy atom. The topological polar surface area (TPSA) is 53.7 Å². The van der Waals surface area contributed by atoms with Crippen molar-refractivity contribution in [2.45, 2.75) is 25.8 Å². The molecule has 0 radical (unpaired) electrons. The van der Waals surface area contributed by atoms with Gasteiger partial charge in [0.05, 0.1) is 5.70 Å². The van der Waals surface area contributed by atoms with Crippen molar-refractivity contribution in [1.82, 2.24) is 10.5 Å². The van der Waals surface area contributed by atoms with Crippen LogP contribution in [0.4, 0.5) is 10.2 Å². The van der Waals surface area contributed by atoms with Crippen molar-refractivity contribution in [3.8, 4) is 11.3 Å². The molecule has 26 heavy (non-hydrogen) atoms. The number of rotatable bonds is 6. The molecule has 5 nitrogen and oxygen atoms in total. The fourth-order valence-corrected chi connectivity index (χ4v) is 3.92. The van der Waals surface area contributed by atoms with Crippen molar-refractivity contribution in [3.63, 3.8) is 0 Å². The molecule has 2 aromatic rings. The van der Waals surface area contributed by atoms with E-state index in [1.165, 1.54) is 17.0 Å². The summed E-state index contributed by atoms with van der Waals surface area (Å²) in [7, 11) is 1.94. The van der Waals surface area contributed by atoms with Crippen molar-refractivity contribution >= 4 is 24.3 Å². The number of nitrogens with zero attached hydrogens (tertiary/aromatic N) is 3. The number of anilines is 1. The Hall–Kier alpha value is -2.12. The summed E-state index contributed by atoms with van der Waals surface area (Å²) in [6, 6.07) is 8.37. The SMILES string of the molecule is C=NC1=C(SCNC)CCN(c2cc(-c3ccc(F)cc3)on2)[C@H](C)C1. The number of aliphatic imine (C=N–C) groups is 1. The molecule has 1 aromatic carbocycles. The van der Waals surface area contributed by atoms with Gasteiger partial charge in [-0.3, -0.25) is 4.99 Å². The van der Waals surface area contributed by atoms with Crippen molar-refractivity contribution in [3.05, 3.63) is 46.8 Å². The molecule has 1 aliphatic rings. The highest BCUT2D eigenvalue weighted by Crippen LogP contribution is 2.34. The fourth-order valence-electron chi connectivity index (χ4n) is 3.05. The third kappa shape index (κ3) is 4.16. The molecule has 0 bridgehead atoms. The lowest BCUT2D eigenvalue weighted by molar-refractivity contribution is 0.428. The third-order valence-corrected chi connectivity index (χ3v) is 5.65.